The number of hydrogen-bond acceptors (Lipinski definition) is 8. The molecule has 1 aliphatic rings. The Hall–Kier alpha value is -1.14. The Morgan fingerprint density at radius 3 is 2.39 bits per heavy atom. The molecule has 28 heavy (non-hydrogen) atoms. The molecule has 1 unspecified atom stereocenters. The van der Waals surface area contributed by atoms with Gasteiger partial charge in [-0.25, -0.2) is 9.36 Å². The van der Waals surface area contributed by atoms with Gasteiger partial charge >= 0.3 is 21.1 Å². The van der Waals surface area contributed by atoms with E-state index in [4.69, 9.17) is 23.8 Å². The van der Waals surface area contributed by atoms with Crippen molar-refractivity contribution in [3.05, 3.63) is 33.1 Å². The molecule has 13 nitrogen and oxygen atoms in total. The van der Waals surface area contributed by atoms with Crippen LogP contribution in [0.15, 0.2) is 21.9 Å². The van der Waals surface area contributed by atoms with Gasteiger partial charge in [-0.3, -0.25) is 28.0 Å². The van der Waals surface area contributed by atoms with Crippen molar-refractivity contribution in [3.8, 4) is 0 Å². The molecule has 1 aliphatic heterocycles. The first-order valence-corrected chi connectivity index (χ1v) is 11.2. The minimum Gasteiger partial charge on any atom is -0.376 e. The Morgan fingerprint density at radius 1 is 1.25 bits per heavy atom. The monoisotopic (exact) mass is 444 g/mol. The molecule has 0 amide bonds. The SMILES string of the molecule is CO[C@H]1[C@@H](OP(=O)(O)C(C)C)[C@H](n2ccc(=O)[nH]c2=O)O[C@@H]1COP(=O)(O)O. The third-order valence-electron chi connectivity index (χ3n) is 4.02. The van der Waals surface area contributed by atoms with E-state index in [1.807, 2.05) is 4.98 Å². The molecule has 0 radical (unpaired) electrons. The Morgan fingerprint density at radius 2 is 1.89 bits per heavy atom. The van der Waals surface area contributed by atoms with Crippen molar-refractivity contribution in [3.63, 3.8) is 0 Å². The van der Waals surface area contributed by atoms with Crippen LogP contribution >= 0.6 is 15.4 Å². The molecule has 0 saturated carbocycles. The van der Waals surface area contributed by atoms with Crippen molar-refractivity contribution in [1.29, 1.82) is 0 Å². The summed E-state index contributed by atoms with van der Waals surface area (Å²) in [6.45, 7) is 2.26. The minimum absolute atomic E-state index is 0.644. The summed E-state index contributed by atoms with van der Waals surface area (Å²) in [5.74, 6) is 0. The van der Waals surface area contributed by atoms with Gasteiger partial charge in [-0.15, -0.1) is 0 Å². The molecular weight excluding hydrogens is 422 g/mol. The lowest BCUT2D eigenvalue weighted by atomic mass is 10.1. The molecule has 1 aromatic heterocycles. The van der Waals surface area contributed by atoms with Gasteiger partial charge in [0.05, 0.1) is 12.3 Å². The van der Waals surface area contributed by atoms with Crippen molar-refractivity contribution in [2.75, 3.05) is 13.7 Å². The van der Waals surface area contributed by atoms with E-state index in [1.165, 1.54) is 21.0 Å². The lowest BCUT2D eigenvalue weighted by molar-refractivity contribution is -0.0551. The first-order chi connectivity index (χ1) is 12.9. The van der Waals surface area contributed by atoms with Crippen molar-refractivity contribution < 1.29 is 42.3 Å². The van der Waals surface area contributed by atoms with Gasteiger partial charge < -0.3 is 24.2 Å². The van der Waals surface area contributed by atoms with Crippen molar-refractivity contribution >= 4 is 15.4 Å². The highest BCUT2D eigenvalue weighted by Gasteiger charge is 2.50. The Kier molecular flexibility index (Phi) is 7.19. The number of nitrogens with one attached hydrogen (secondary N) is 1. The number of phosphoric ester groups is 1. The molecule has 0 bridgehead atoms. The van der Waals surface area contributed by atoms with Crippen LogP contribution in [-0.2, 0) is 27.7 Å². The van der Waals surface area contributed by atoms with E-state index in [9.17, 15) is 23.6 Å². The fourth-order valence-corrected chi connectivity index (χ4v) is 3.72. The van der Waals surface area contributed by atoms with Crippen LogP contribution < -0.4 is 11.2 Å². The van der Waals surface area contributed by atoms with Crippen LogP contribution in [0.4, 0.5) is 0 Å². The zero-order valence-electron chi connectivity index (χ0n) is 15.2. The topological polar surface area (TPSA) is 187 Å². The standard InChI is InChI=1S/C13H22N2O11P2/c1-7(2)27(18,19)26-11-10(23-3)8(6-24-28(20,21)22)25-12(11)15-5-4-9(16)14-13(15)17/h4-5,7-8,10-12H,6H2,1-3H3,(H,18,19)(H,14,16,17)(H2,20,21,22)/t8-,10-,11-,12-/m1/s1. The second kappa shape index (κ2) is 8.70. The number of phosphoric acid groups is 1. The van der Waals surface area contributed by atoms with Gasteiger partial charge in [-0.05, 0) is 0 Å². The molecule has 0 aliphatic carbocycles. The zero-order valence-corrected chi connectivity index (χ0v) is 17.0. The highest BCUT2D eigenvalue weighted by Crippen LogP contribution is 2.52. The summed E-state index contributed by atoms with van der Waals surface area (Å²) in [5, 5.41) is 0. The summed E-state index contributed by atoms with van der Waals surface area (Å²) in [6.07, 6.45) is -3.83. The maximum absolute atomic E-state index is 12.4. The van der Waals surface area contributed by atoms with E-state index in [1.54, 1.807) is 0 Å². The number of methoxy groups -OCH3 is 1. The van der Waals surface area contributed by atoms with Gasteiger partial charge in [-0.1, -0.05) is 13.8 Å². The maximum atomic E-state index is 12.4. The second-order valence-corrected chi connectivity index (χ2v) is 9.91. The highest BCUT2D eigenvalue weighted by atomic mass is 31.2. The lowest BCUT2D eigenvalue weighted by Crippen LogP contribution is -2.40. The van der Waals surface area contributed by atoms with Crippen LogP contribution in [0.3, 0.4) is 0 Å². The molecule has 4 N–H and O–H groups in total. The molecule has 1 aromatic rings. The maximum Gasteiger partial charge on any atom is 0.469 e. The average molecular weight is 444 g/mol. The largest absolute Gasteiger partial charge is 0.469 e. The van der Waals surface area contributed by atoms with Gasteiger partial charge in [0, 0.05) is 19.4 Å². The van der Waals surface area contributed by atoms with Crippen LogP contribution in [0.5, 0.6) is 0 Å². The number of nitrogens with zero attached hydrogens (tertiary/aromatic N) is 1. The van der Waals surface area contributed by atoms with E-state index in [0.29, 0.717) is 0 Å². The number of H-pyrrole nitrogens is 1. The summed E-state index contributed by atoms with van der Waals surface area (Å²) in [5.41, 5.74) is -2.34. The van der Waals surface area contributed by atoms with E-state index >= 15 is 0 Å². The second-order valence-electron chi connectivity index (χ2n) is 6.30. The van der Waals surface area contributed by atoms with E-state index < -0.39 is 63.5 Å². The highest BCUT2D eigenvalue weighted by molar-refractivity contribution is 7.53. The molecule has 1 saturated heterocycles. The Labute approximate surface area is 159 Å². The first-order valence-electron chi connectivity index (χ1n) is 8.06. The van der Waals surface area contributed by atoms with Crippen molar-refractivity contribution in [1.82, 2.24) is 9.55 Å². The molecule has 160 valence electrons. The number of ether oxygens (including phenoxy) is 2. The smallest absolute Gasteiger partial charge is 0.376 e. The molecule has 15 heteroatoms. The fraction of sp³-hybridized carbons (Fsp3) is 0.692. The lowest BCUT2D eigenvalue weighted by Gasteiger charge is -2.27. The Balaban J connectivity index is 2.43. The van der Waals surface area contributed by atoms with Crippen LogP contribution in [0.25, 0.3) is 0 Å². The molecule has 0 spiro atoms. The third-order valence-corrected chi connectivity index (χ3v) is 6.35. The third kappa shape index (κ3) is 5.47. The molecule has 0 aromatic carbocycles. The van der Waals surface area contributed by atoms with E-state index in [-0.39, 0.29) is 0 Å². The molecule has 2 rings (SSSR count). The van der Waals surface area contributed by atoms with Gasteiger partial charge in [0.25, 0.3) is 5.56 Å². The van der Waals surface area contributed by atoms with Gasteiger partial charge in [0.1, 0.15) is 18.3 Å². The number of rotatable bonds is 8. The Bertz CT molecular complexity index is 891. The fourth-order valence-electron chi connectivity index (χ4n) is 2.56. The van der Waals surface area contributed by atoms with Gasteiger partial charge in [0.15, 0.2) is 6.23 Å². The predicted molar refractivity (Wildman–Crippen MR) is 93.9 cm³/mol. The quantitative estimate of drug-likeness (QED) is 0.380. The molecular formula is C13H22N2O11P2. The molecule has 1 fully saturated rings. The summed E-state index contributed by atoms with van der Waals surface area (Å²) in [4.78, 5) is 53.4. The number of aromatic nitrogens is 2. The summed E-state index contributed by atoms with van der Waals surface area (Å²) >= 11 is 0. The van der Waals surface area contributed by atoms with Crippen LogP contribution in [0.1, 0.15) is 20.1 Å². The van der Waals surface area contributed by atoms with Gasteiger partial charge in [-0.2, -0.15) is 0 Å². The van der Waals surface area contributed by atoms with Crippen molar-refractivity contribution in [2.45, 2.75) is 44.0 Å². The average Bonchev–Trinajstić information content (AvgIpc) is 2.89. The summed E-state index contributed by atoms with van der Waals surface area (Å²) in [7, 11) is -7.78. The van der Waals surface area contributed by atoms with Crippen LogP contribution in [0.2, 0.25) is 0 Å². The van der Waals surface area contributed by atoms with E-state index in [2.05, 4.69) is 4.52 Å². The minimum atomic E-state index is -4.84. The first kappa shape index (κ1) is 23.1. The van der Waals surface area contributed by atoms with E-state index in [0.717, 1.165) is 16.8 Å². The summed E-state index contributed by atoms with van der Waals surface area (Å²) in [6, 6.07) is 1.03. The van der Waals surface area contributed by atoms with Crippen molar-refractivity contribution in [2.24, 2.45) is 0 Å². The molecule has 5 atom stereocenters. The number of hydrogen-bond donors (Lipinski definition) is 4. The van der Waals surface area contributed by atoms with Crippen LogP contribution in [-0.4, -0.2) is 61.9 Å². The zero-order chi connectivity index (χ0) is 21.3. The predicted octanol–water partition coefficient (Wildman–Crippen LogP) is -0.463. The summed E-state index contributed by atoms with van der Waals surface area (Å²) < 4.78 is 44.9. The molecule has 2 heterocycles. The normalized spacial score (nSPS) is 27.8. The van der Waals surface area contributed by atoms with Gasteiger partial charge in [0.2, 0.25) is 0 Å². The number of aromatic amines is 1. The van der Waals surface area contributed by atoms with Crippen LogP contribution in [0, 0.1) is 0 Å².